The van der Waals surface area contributed by atoms with Crippen molar-refractivity contribution in [2.45, 2.75) is 27.2 Å². The molecule has 116 valence electrons. The predicted molar refractivity (Wildman–Crippen MR) is 88.3 cm³/mol. The van der Waals surface area contributed by atoms with Crippen LogP contribution in [0.3, 0.4) is 0 Å². The summed E-state index contributed by atoms with van der Waals surface area (Å²) in [5, 5.41) is 6.01. The third kappa shape index (κ3) is 4.55. The standard InChI is InChI=1S/C17H22N4O/c1-12(2)8-9-18-16(22)14-10-19-17(20-11-14)21-15-7-5-4-6-13(15)3/h4-7,10-12H,8-9H2,1-3H3,(H,18,22)(H,19,20,21). The van der Waals surface area contributed by atoms with Gasteiger partial charge in [-0.25, -0.2) is 9.97 Å². The molecule has 2 aromatic rings. The Morgan fingerprint density at radius 2 is 1.86 bits per heavy atom. The molecule has 0 aliphatic carbocycles. The first kappa shape index (κ1) is 15.9. The Hall–Kier alpha value is -2.43. The van der Waals surface area contributed by atoms with Crippen molar-refractivity contribution in [2.24, 2.45) is 5.92 Å². The third-order valence-corrected chi connectivity index (χ3v) is 3.31. The Balaban J connectivity index is 1.95. The van der Waals surface area contributed by atoms with E-state index in [0.717, 1.165) is 17.7 Å². The Morgan fingerprint density at radius 1 is 1.18 bits per heavy atom. The second kappa shape index (κ2) is 7.54. The first-order valence-corrected chi connectivity index (χ1v) is 7.49. The molecule has 1 amide bonds. The number of nitrogens with zero attached hydrogens (tertiary/aromatic N) is 2. The van der Waals surface area contributed by atoms with Crippen LogP contribution in [0.4, 0.5) is 11.6 Å². The van der Waals surface area contributed by atoms with Crippen molar-refractivity contribution < 1.29 is 4.79 Å². The van der Waals surface area contributed by atoms with Crippen LogP contribution in [0.5, 0.6) is 0 Å². The second-order valence-corrected chi connectivity index (χ2v) is 5.67. The molecule has 1 heterocycles. The lowest BCUT2D eigenvalue weighted by atomic mass is 10.1. The average Bonchev–Trinajstić information content (AvgIpc) is 2.50. The predicted octanol–water partition coefficient (Wildman–Crippen LogP) is 3.30. The highest BCUT2D eigenvalue weighted by atomic mass is 16.1. The van der Waals surface area contributed by atoms with Gasteiger partial charge in [0.2, 0.25) is 5.95 Å². The van der Waals surface area contributed by atoms with Gasteiger partial charge in [-0.2, -0.15) is 0 Å². The van der Waals surface area contributed by atoms with E-state index in [2.05, 4.69) is 34.4 Å². The van der Waals surface area contributed by atoms with Gasteiger partial charge in [-0.3, -0.25) is 4.79 Å². The molecule has 22 heavy (non-hydrogen) atoms. The molecule has 1 aromatic carbocycles. The molecule has 0 atom stereocenters. The van der Waals surface area contributed by atoms with Gasteiger partial charge in [-0.15, -0.1) is 0 Å². The highest BCUT2D eigenvalue weighted by Gasteiger charge is 2.07. The molecule has 2 rings (SSSR count). The minimum Gasteiger partial charge on any atom is -0.352 e. The van der Waals surface area contributed by atoms with Crippen LogP contribution in [0.25, 0.3) is 0 Å². The monoisotopic (exact) mass is 298 g/mol. The number of nitrogens with one attached hydrogen (secondary N) is 2. The summed E-state index contributed by atoms with van der Waals surface area (Å²) in [6, 6.07) is 7.90. The summed E-state index contributed by atoms with van der Waals surface area (Å²) in [7, 11) is 0. The van der Waals surface area contributed by atoms with E-state index in [4.69, 9.17) is 0 Å². The van der Waals surface area contributed by atoms with Crippen LogP contribution in [-0.4, -0.2) is 22.4 Å². The largest absolute Gasteiger partial charge is 0.352 e. The lowest BCUT2D eigenvalue weighted by Gasteiger charge is -2.09. The smallest absolute Gasteiger partial charge is 0.254 e. The van der Waals surface area contributed by atoms with Crippen molar-refractivity contribution >= 4 is 17.5 Å². The number of aromatic nitrogens is 2. The van der Waals surface area contributed by atoms with Crippen LogP contribution >= 0.6 is 0 Å². The van der Waals surface area contributed by atoms with Gasteiger partial charge in [-0.1, -0.05) is 32.0 Å². The number of aryl methyl sites for hydroxylation is 1. The van der Waals surface area contributed by atoms with E-state index in [1.165, 1.54) is 12.4 Å². The quantitative estimate of drug-likeness (QED) is 0.858. The van der Waals surface area contributed by atoms with Crippen molar-refractivity contribution in [3.8, 4) is 0 Å². The molecule has 0 fully saturated rings. The maximum Gasteiger partial charge on any atom is 0.254 e. The molecule has 0 aliphatic heterocycles. The number of para-hydroxylation sites is 1. The maximum absolute atomic E-state index is 11.9. The van der Waals surface area contributed by atoms with Crippen LogP contribution in [0, 0.1) is 12.8 Å². The molecule has 0 spiro atoms. The Kier molecular flexibility index (Phi) is 5.47. The van der Waals surface area contributed by atoms with Crippen molar-refractivity contribution in [1.82, 2.24) is 15.3 Å². The van der Waals surface area contributed by atoms with Gasteiger partial charge in [0, 0.05) is 24.6 Å². The van der Waals surface area contributed by atoms with Crippen LogP contribution in [-0.2, 0) is 0 Å². The summed E-state index contributed by atoms with van der Waals surface area (Å²) < 4.78 is 0. The summed E-state index contributed by atoms with van der Waals surface area (Å²) in [6.07, 6.45) is 4.04. The minimum atomic E-state index is -0.136. The zero-order valence-corrected chi connectivity index (χ0v) is 13.3. The first-order valence-electron chi connectivity index (χ1n) is 7.49. The topological polar surface area (TPSA) is 66.9 Å². The molecule has 5 nitrogen and oxygen atoms in total. The number of anilines is 2. The maximum atomic E-state index is 11.9. The van der Waals surface area contributed by atoms with E-state index in [-0.39, 0.29) is 5.91 Å². The van der Waals surface area contributed by atoms with E-state index in [9.17, 15) is 4.79 Å². The number of carbonyl (C=O) groups is 1. The van der Waals surface area contributed by atoms with Crippen LogP contribution < -0.4 is 10.6 Å². The van der Waals surface area contributed by atoms with Gasteiger partial charge in [-0.05, 0) is 30.9 Å². The molecule has 0 aliphatic rings. The molecule has 0 bridgehead atoms. The number of rotatable bonds is 6. The number of benzene rings is 1. The van der Waals surface area contributed by atoms with E-state index in [1.54, 1.807) is 0 Å². The number of carbonyl (C=O) groups excluding carboxylic acids is 1. The van der Waals surface area contributed by atoms with Crippen molar-refractivity contribution in [2.75, 3.05) is 11.9 Å². The summed E-state index contributed by atoms with van der Waals surface area (Å²) in [6.45, 7) is 6.93. The zero-order chi connectivity index (χ0) is 15.9. The fourth-order valence-corrected chi connectivity index (χ4v) is 1.92. The van der Waals surface area contributed by atoms with E-state index in [1.807, 2.05) is 31.2 Å². The molecule has 0 radical (unpaired) electrons. The SMILES string of the molecule is Cc1ccccc1Nc1ncc(C(=O)NCCC(C)C)cn1. The number of hydrogen-bond acceptors (Lipinski definition) is 4. The van der Waals surface area contributed by atoms with Crippen molar-refractivity contribution in [3.63, 3.8) is 0 Å². The minimum absolute atomic E-state index is 0.136. The third-order valence-electron chi connectivity index (χ3n) is 3.31. The molecule has 0 saturated heterocycles. The van der Waals surface area contributed by atoms with Gasteiger partial charge in [0.25, 0.3) is 5.91 Å². The second-order valence-electron chi connectivity index (χ2n) is 5.67. The average molecular weight is 298 g/mol. The first-order chi connectivity index (χ1) is 10.6. The molecule has 0 unspecified atom stereocenters. The summed E-state index contributed by atoms with van der Waals surface area (Å²) in [5.41, 5.74) is 2.54. The van der Waals surface area contributed by atoms with Gasteiger partial charge in [0.05, 0.1) is 5.56 Å². The van der Waals surface area contributed by atoms with E-state index < -0.39 is 0 Å². The van der Waals surface area contributed by atoms with Gasteiger partial charge in [0.1, 0.15) is 0 Å². The van der Waals surface area contributed by atoms with Crippen LogP contribution in [0.2, 0.25) is 0 Å². The fourth-order valence-electron chi connectivity index (χ4n) is 1.92. The highest BCUT2D eigenvalue weighted by molar-refractivity contribution is 5.93. The van der Waals surface area contributed by atoms with E-state index >= 15 is 0 Å². The van der Waals surface area contributed by atoms with Gasteiger partial charge in [0.15, 0.2) is 0 Å². The molecule has 5 heteroatoms. The van der Waals surface area contributed by atoms with Crippen molar-refractivity contribution in [3.05, 3.63) is 47.8 Å². The van der Waals surface area contributed by atoms with E-state index in [0.29, 0.717) is 24.0 Å². The summed E-state index contributed by atoms with van der Waals surface area (Å²) in [5.74, 6) is 0.911. The molecule has 1 aromatic heterocycles. The lowest BCUT2D eigenvalue weighted by Crippen LogP contribution is -2.25. The molecule has 2 N–H and O–H groups in total. The summed E-state index contributed by atoms with van der Waals surface area (Å²) >= 11 is 0. The highest BCUT2D eigenvalue weighted by Crippen LogP contribution is 2.16. The fraction of sp³-hybridized carbons (Fsp3) is 0.353. The Labute approximate surface area is 131 Å². The summed E-state index contributed by atoms with van der Waals surface area (Å²) in [4.78, 5) is 20.3. The number of amides is 1. The lowest BCUT2D eigenvalue weighted by molar-refractivity contribution is 0.0951. The number of hydrogen-bond donors (Lipinski definition) is 2. The van der Waals surface area contributed by atoms with Gasteiger partial charge < -0.3 is 10.6 Å². The Bertz CT molecular complexity index is 623. The van der Waals surface area contributed by atoms with Gasteiger partial charge >= 0.3 is 0 Å². The zero-order valence-electron chi connectivity index (χ0n) is 13.3. The normalized spacial score (nSPS) is 10.5. The van der Waals surface area contributed by atoms with Crippen LogP contribution in [0.15, 0.2) is 36.7 Å². The molecular weight excluding hydrogens is 276 g/mol. The Morgan fingerprint density at radius 3 is 2.50 bits per heavy atom. The molecular formula is C17H22N4O. The van der Waals surface area contributed by atoms with Crippen LogP contribution in [0.1, 0.15) is 36.2 Å². The molecule has 0 saturated carbocycles. The van der Waals surface area contributed by atoms with Crippen molar-refractivity contribution in [1.29, 1.82) is 0 Å².